The molecule has 0 radical (unpaired) electrons. The van der Waals surface area contributed by atoms with Crippen molar-refractivity contribution in [2.75, 3.05) is 7.11 Å². The molecule has 0 saturated heterocycles. The Morgan fingerprint density at radius 1 is 0.849 bits per heavy atom. The van der Waals surface area contributed by atoms with Crippen LogP contribution in [0.4, 0.5) is 8.63 Å². The maximum Gasteiger partial charge on any atom is 0.677 e. The van der Waals surface area contributed by atoms with E-state index in [1.54, 1.807) is 20.2 Å². The first-order chi connectivity index (χ1) is 25.7. The molecule has 0 amide bonds. The van der Waals surface area contributed by atoms with Gasteiger partial charge in [0.15, 0.2) is 0 Å². The molecule has 0 atom stereocenters. The second kappa shape index (κ2) is 17.4. The van der Waals surface area contributed by atoms with Gasteiger partial charge >= 0.3 is 7.40 Å². The maximum absolute atomic E-state index is 14.1. The molecule has 0 fully saturated rings. The Bertz CT molecular complexity index is 2130. The van der Waals surface area contributed by atoms with Crippen LogP contribution in [-0.2, 0) is 24.5 Å². The smallest absolute Gasteiger partial charge is 0.497 e. The van der Waals surface area contributed by atoms with E-state index in [0.29, 0.717) is 37.6 Å². The van der Waals surface area contributed by atoms with Gasteiger partial charge in [-0.2, -0.15) is 0 Å². The van der Waals surface area contributed by atoms with Crippen molar-refractivity contribution in [3.63, 3.8) is 0 Å². The number of nitrogens with zero attached hydrogens (tertiary/aromatic N) is 7. The number of benzene rings is 1. The van der Waals surface area contributed by atoms with Gasteiger partial charge in [-0.1, -0.05) is 48.1 Å². The number of pyridine rings is 2. The van der Waals surface area contributed by atoms with Gasteiger partial charge in [0.05, 0.1) is 43.6 Å². The highest BCUT2D eigenvalue weighted by molar-refractivity contribution is 6.41. The molecule has 0 aliphatic carbocycles. The summed E-state index contributed by atoms with van der Waals surface area (Å²) in [6.07, 6.45) is 14.9. The van der Waals surface area contributed by atoms with Crippen LogP contribution in [0.3, 0.4) is 0 Å². The first-order valence-corrected chi connectivity index (χ1v) is 17.8. The number of methoxy groups -OCH3 is 1. The summed E-state index contributed by atoms with van der Waals surface area (Å²) < 4.78 is 42.3. The Hall–Kier alpha value is -5.49. The number of allylic oxidation sites excluding steroid dienone is 3. The fourth-order valence-corrected chi connectivity index (χ4v) is 6.55. The topological polar surface area (TPSA) is 92.2 Å². The van der Waals surface area contributed by atoms with Crippen molar-refractivity contribution < 1.29 is 18.1 Å². The van der Waals surface area contributed by atoms with Crippen molar-refractivity contribution in [3.05, 3.63) is 130 Å². The normalized spacial score (nSPS) is 13.8. The van der Waals surface area contributed by atoms with E-state index >= 15 is 0 Å². The third kappa shape index (κ3) is 9.50. The lowest BCUT2D eigenvalue weighted by molar-refractivity contribution is 0.104. The van der Waals surface area contributed by atoms with Gasteiger partial charge < -0.3 is 14.0 Å². The van der Waals surface area contributed by atoms with Crippen LogP contribution in [0.15, 0.2) is 95.5 Å². The number of ether oxygens (including phenoxy) is 2. The van der Waals surface area contributed by atoms with E-state index in [2.05, 4.69) is 20.3 Å². The zero-order chi connectivity index (χ0) is 37.3. The van der Waals surface area contributed by atoms with Crippen molar-refractivity contribution >= 4 is 30.8 Å². The molecule has 5 heterocycles. The molecule has 0 spiro atoms. The van der Waals surface area contributed by atoms with Crippen LogP contribution >= 0.6 is 0 Å². The van der Waals surface area contributed by atoms with Crippen LogP contribution in [0.2, 0.25) is 0 Å². The minimum Gasteiger partial charge on any atom is -0.497 e. The Morgan fingerprint density at radius 2 is 1.58 bits per heavy atom. The number of aromatic nitrogens is 6. The monoisotopic (exact) mass is 715 g/mol. The predicted octanol–water partition coefficient (Wildman–Crippen LogP) is 9.21. The average Bonchev–Trinajstić information content (AvgIpc) is 3.84. The van der Waals surface area contributed by atoms with Crippen LogP contribution < -0.4 is 4.74 Å². The summed E-state index contributed by atoms with van der Waals surface area (Å²) in [5.41, 5.74) is 11.0. The molecule has 6 rings (SSSR count). The van der Waals surface area contributed by atoms with Gasteiger partial charge in [0.25, 0.3) is 0 Å². The summed E-state index contributed by atoms with van der Waals surface area (Å²) in [6, 6.07) is 17.6. The molecule has 53 heavy (non-hydrogen) atoms. The largest absolute Gasteiger partial charge is 0.677 e. The molecule has 0 bridgehead atoms. The molecule has 1 aliphatic heterocycles. The quantitative estimate of drug-likeness (QED) is 0.0748. The first kappa shape index (κ1) is 37.3. The molecule has 272 valence electrons. The van der Waals surface area contributed by atoms with Crippen molar-refractivity contribution in [1.29, 1.82) is 0 Å². The highest BCUT2D eigenvalue weighted by atomic mass is 19.2. The van der Waals surface area contributed by atoms with Gasteiger partial charge in [-0.15, -0.1) is 5.10 Å². The molecule has 1 aliphatic rings. The van der Waals surface area contributed by atoms with Crippen molar-refractivity contribution in [2.24, 2.45) is 4.99 Å². The molecule has 0 N–H and O–H groups in total. The lowest BCUT2D eigenvalue weighted by Crippen LogP contribution is -2.18. The zero-order valence-electron chi connectivity index (χ0n) is 30.9. The number of hydrogen-bond acceptors (Lipinski definition) is 7. The highest BCUT2D eigenvalue weighted by Gasteiger charge is 2.28. The maximum atomic E-state index is 14.1. The summed E-state index contributed by atoms with van der Waals surface area (Å²) >= 11 is 0. The van der Waals surface area contributed by atoms with Gasteiger partial charge in [0.2, 0.25) is 0 Å². The lowest BCUT2D eigenvalue weighted by atomic mass is 9.96. The Labute approximate surface area is 310 Å². The molecular formula is C41H44BF2N7O2. The Morgan fingerprint density at radius 3 is 2.25 bits per heavy atom. The van der Waals surface area contributed by atoms with E-state index in [1.807, 2.05) is 111 Å². The fraction of sp³-hybridized carbons (Fsp3) is 0.293. The highest BCUT2D eigenvalue weighted by Crippen LogP contribution is 2.36. The molecule has 12 heteroatoms. The first-order valence-electron chi connectivity index (χ1n) is 17.8. The molecule has 0 unspecified atom stereocenters. The number of halogens is 2. The summed E-state index contributed by atoms with van der Waals surface area (Å²) in [4.78, 5) is 13.9. The van der Waals surface area contributed by atoms with E-state index < -0.39 is 7.40 Å². The van der Waals surface area contributed by atoms with Gasteiger partial charge in [-0.3, -0.25) is 28.3 Å². The zero-order valence-corrected chi connectivity index (χ0v) is 30.9. The van der Waals surface area contributed by atoms with E-state index in [1.165, 1.54) is 0 Å². The SMILES string of the molecule is COc1ccc(/C=C/c2ccc(-c3ccc(COCc4cn(CCCCC/C(=C5/N=C(C)C=C5C)c5c(C)cc(C)n5B(F)F)nn4)cn3)nc2)cc1. The molecular weight excluding hydrogens is 671 g/mol. The third-order valence-electron chi connectivity index (χ3n) is 9.15. The van der Waals surface area contributed by atoms with Crippen molar-refractivity contribution in [2.45, 2.75) is 73.1 Å². The standard InChI is InChI=1S/C41H44BF2N7O2/c1-28-21-30(3)47-40(28)37(41-29(2)22-31(4)51(41)42(43)44)9-7-6-8-20-50-25-35(48-49-50)27-53-26-34-15-19-39(46-24-34)38-18-14-33(23-45-38)11-10-32-12-16-36(52-5)17-13-32/h10-19,21-25H,6-9,20,26-27H2,1-5H3/b11-10+,40-37-. The number of aliphatic imine (C=N–C) groups is 1. The fourth-order valence-electron chi connectivity index (χ4n) is 6.55. The minimum atomic E-state index is -2.61. The second-order valence-electron chi connectivity index (χ2n) is 13.3. The number of unbranched alkanes of at least 4 members (excludes halogenated alkanes) is 2. The summed E-state index contributed by atoms with van der Waals surface area (Å²) in [5.74, 6) is 0.830. The molecule has 9 nitrogen and oxygen atoms in total. The number of hydrogen-bond donors (Lipinski definition) is 0. The second-order valence-corrected chi connectivity index (χ2v) is 13.3. The average molecular weight is 716 g/mol. The minimum absolute atomic E-state index is 0.334. The lowest BCUT2D eigenvalue weighted by Gasteiger charge is -2.16. The predicted molar refractivity (Wildman–Crippen MR) is 207 cm³/mol. The van der Waals surface area contributed by atoms with E-state index in [4.69, 9.17) is 14.5 Å². The van der Waals surface area contributed by atoms with Crippen LogP contribution in [0, 0.1) is 13.8 Å². The van der Waals surface area contributed by atoms with Crippen LogP contribution in [0.25, 0.3) is 29.1 Å². The molecule has 0 saturated carbocycles. The third-order valence-corrected chi connectivity index (χ3v) is 9.15. The van der Waals surface area contributed by atoms with Gasteiger partial charge in [0.1, 0.15) is 11.4 Å². The van der Waals surface area contributed by atoms with Crippen molar-refractivity contribution in [3.8, 4) is 17.1 Å². The van der Waals surface area contributed by atoms with Gasteiger partial charge in [-0.05, 0) is 111 Å². The summed E-state index contributed by atoms with van der Waals surface area (Å²) in [6.45, 7) is 9.00. The molecule has 1 aromatic carbocycles. The van der Waals surface area contributed by atoms with E-state index in [0.717, 1.165) is 91.4 Å². The van der Waals surface area contributed by atoms with Gasteiger partial charge in [-0.25, -0.2) is 0 Å². The molecule has 4 aromatic heterocycles. The van der Waals surface area contributed by atoms with Crippen LogP contribution in [0.5, 0.6) is 5.75 Å². The van der Waals surface area contributed by atoms with Gasteiger partial charge in [0, 0.05) is 41.6 Å². The van der Waals surface area contributed by atoms with E-state index in [9.17, 15) is 8.63 Å². The van der Waals surface area contributed by atoms with Crippen LogP contribution in [-0.4, -0.2) is 49.7 Å². The number of rotatable bonds is 16. The summed E-state index contributed by atoms with van der Waals surface area (Å²) in [7, 11) is -0.954. The van der Waals surface area contributed by atoms with E-state index in [-0.39, 0.29) is 0 Å². The van der Waals surface area contributed by atoms with Crippen molar-refractivity contribution in [1.82, 2.24) is 29.4 Å². The number of aryl methyl sites for hydroxylation is 3. The molecule has 5 aromatic rings. The summed E-state index contributed by atoms with van der Waals surface area (Å²) in [5, 5.41) is 8.54. The van der Waals surface area contributed by atoms with Crippen LogP contribution in [0.1, 0.15) is 78.9 Å². The Kier molecular flexibility index (Phi) is 12.2. The Balaban J connectivity index is 0.946.